The van der Waals surface area contributed by atoms with Crippen LogP contribution in [0.25, 0.3) is 0 Å². The van der Waals surface area contributed by atoms with Crippen LogP contribution in [0.4, 0.5) is 5.00 Å². The van der Waals surface area contributed by atoms with Crippen LogP contribution in [0.2, 0.25) is 0 Å². The highest BCUT2D eigenvalue weighted by Crippen LogP contribution is 2.21. The fraction of sp³-hybridized carbons (Fsp3) is 0.0909. The molecule has 2 aromatic heterocycles. The maximum atomic E-state index is 11.7. The standard InChI is InChI=1S/C11H8N4O3S/c12-5-7-3-4-19-11(7)13-9(17)6-15-10(18)2-1-8(16)14-15/h1-4H,6H2,(H,13,17)(H,14,16). The normalized spacial score (nSPS) is 9.84. The lowest BCUT2D eigenvalue weighted by Crippen LogP contribution is -2.32. The van der Waals surface area contributed by atoms with Gasteiger partial charge in [0.1, 0.15) is 17.6 Å². The zero-order chi connectivity index (χ0) is 13.8. The van der Waals surface area contributed by atoms with Gasteiger partial charge in [0, 0.05) is 12.1 Å². The maximum absolute atomic E-state index is 11.7. The second kappa shape index (κ2) is 5.32. The highest BCUT2D eigenvalue weighted by molar-refractivity contribution is 7.14. The number of aromatic amines is 1. The van der Waals surface area contributed by atoms with E-state index in [2.05, 4.69) is 10.4 Å². The Bertz CT molecular complexity index is 765. The van der Waals surface area contributed by atoms with Crippen molar-refractivity contribution in [3.8, 4) is 6.07 Å². The van der Waals surface area contributed by atoms with Crippen LogP contribution >= 0.6 is 11.3 Å². The summed E-state index contributed by atoms with van der Waals surface area (Å²) in [4.78, 5) is 34.2. The lowest BCUT2D eigenvalue weighted by molar-refractivity contribution is -0.117. The molecule has 1 amide bonds. The molecule has 8 heteroatoms. The first-order valence-electron chi connectivity index (χ1n) is 5.18. The number of carbonyl (C=O) groups excluding carboxylic acids is 1. The number of rotatable bonds is 3. The summed E-state index contributed by atoms with van der Waals surface area (Å²) in [5.74, 6) is -0.497. The van der Waals surface area contributed by atoms with Crippen molar-refractivity contribution >= 4 is 22.2 Å². The number of H-pyrrole nitrogens is 1. The number of hydrogen-bond donors (Lipinski definition) is 2. The summed E-state index contributed by atoms with van der Waals surface area (Å²) in [5.41, 5.74) is -0.602. The van der Waals surface area contributed by atoms with Gasteiger partial charge < -0.3 is 5.32 Å². The number of hydrogen-bond acceptors (Lipinski definition) is 5. The molecular weight excluding hydrogens is 268 g/mol. The number of thiophene rings is 1. The first-order chi connectivity index (χ1) is 9.10. The molecule has 2 rings (SSSR count). The predicted molar refractivity (Wildman–Crippen MR) is 69.0 cm³/mol. The molecule has 0 atom stereocenters. The van der Waals surface area contributed by atoms with Gasteiger partial charge in [-0.2, -0.15) is 5.26 Å². The minimum atomic E-state index is -0.497. The number of carbonyl (C=O) groups is 1. The Balaban J connectivity index is 2.14. The SMILES string of the molecule is N#Cc1ccsc1NC(=O)Cn1[nH]c(=O)ccc1=O. The molecule has 0 saturated heterocycles. The van der Waals surface area contributed by atoms with E-state index in [4.69, 9.17) is 5.26 Å². The molecule has 2 aromatic rings. The summed E-state index contributed by atoms with van der Waals surface area (Å²) in [5, 5.41) is 15.6. The molecule has 0 aliphatic rings. The molecule has 0 unspecified atom stereocenters. The van der Waals surface area contributed by atoms with E-state index in [1.165, 1.54) is 11.3 Å². The van der Waals surface area contributed by atoms with E-state index >= 15 is 0 Å². The zero-order valence-corrected chi connectivity index (χ0v) is 10.4. The van der Waals surface area contributed by atoms with Crippen molar-refractivity contribution < 1.29 is 4.79 Å². The summed E-state index contributed by atoms with van der Waals surface area (Å²) in [6, 6.07) is 5.68. The van der Waals surface area contributed by atoms with E-state index < -0.39 is 17.0 Å². The van der Waals surface area contributed by atoms with Gasteiger partial charge in [-0.1, -0.05) is 0 Å². The molecule has 2 N–H and O–H groups in total. The molecule has 0 saturated carbocycles. The van der Waals surface area contributed by atoms with Gasteiger partial charge in [0.25, 0.3) is 11.1 Å². The quantitative estimate of drug-likeness (QED) is 0.829. The Morgan fingerprint density at radius 2 is 2.21 bits per heavy atom. The second-order valence-corrected chi connectivity index (χ2v) is 4.47. The van der Waals surface area contributed by atoms with E-state index in [0.717, 1.165) is 16.8 Å². The number of nitriles is 1. The maximum Gasteiger partial charge on any atom is 0.265 e. The molecule has 0 aromatic carbocycles. The third-order valence-electron chi connectivity index (χ3n) is 2.23. The Morgan fingerprint density at radius 3 is 2.95 bits per heavy atom. The van der Waals surface area contributed by atoms with Gasteiger partial charge in [0.2, 0.25) is 5.91 Å². The van der Waals surface area contributed by atoms with E-state index in [-0.39, 0.29) is 6.54 Å². The van der Waals surface area contributed by atoms with Crippen molar-refractivity contribution in [1.82, 2.24) is 9.78 Å². The van der Waals surface area contributed by atoms with Crippen LogP contribution in [0.5, 0.6) is 0 Å². The third-order valence-corrected chi connectivity index (χ3v) is 3.06. The van der Waals surface area contributed by atoms with Gasteiger partial charge in [-0.25, -0.2) is 4.68 Å². The number of anilines is 1. The minimum absolute atomic E-state index is 0.322. The minimum Gasteiger partial charge on any atom is -0.315 e. The molecule has 0 bridgehead atoms. The van der Waals surface area contributed by atoms with Crippen LogP contribution in [0, 0.1) is 11.3 Å². The van der Waals surface area contributed by atoms with E-state index in [1.807, 2.05) is 6.07 Å². The summed E-state index contributed by atoms with van der Waals surface area (Å²) < 4.78 is 0.900. The van der Waals surface area contributed by atoms with Gasteiger partial charge in [-0.3, -0.25) is 19.5 Å². The van der Waals surface area contributed by atoms with Gasteiger partial charge in [-0.05, 0) is 11.4 Å². The Morgan fingerprint density at radius 1 is 1.42 bits per heavy atom. The van der Waals surface area contributed by atoms with Crippen molar-refractivity contribution in [2.45, 2.75) is 6.54 Å². The lowest BCUT2D eigenvalue weighted by atomic mass is 10.3. The molecule has 7 nitrogen and oxygen atoms in total. The molecule has 19 heavy (non-hydrogen) atoms. The van der Waals surface area contributed by atoms with Crippen molar-refractivity contribution in [1.29, 1.82) is 5.26 Å². The third kappa shape index (κ3) is 2.97. The molecule has 0 spiro atoms. The Labute approximate surface area is 110 Å². The van der Waals surface area contributed by atoms with Crippen LogP contribution in [-0.4, -0.2) is 15.7 Å². The van der Waals surface area contributed by atoms with Crippen molar-refractivity contribution in [3.05, 3.63) is 49.9 Å². The van der Waals surface area contributed by atoms with Crippen LogP contribution in [0.15, 0.2) is 33.2 Å². The average molecular weight is 276 g/mol. The van der Waals surface area contributed by atoms with Crippen LogP contribution < -0.4 is 16.4 Å². The highest BCUT2D eigenvalue weighted by atomic mass is 32.1. The van der Waals surface area contributed by atoms with Gasteiger partial charge >= 0.3 is 0 Å². The lowest BCUT2D eigenvalue weighted by Gasteiger charge is -2.05. The summed E-state index contributed by atoms with van der Waals surface area (Å²) >= 11 is 1.21. The zero-order valence-electron chi connectivity index (χ0n) is 9.54. The molecule has 0 radical (unpaired) electrons. The van der Waals surface area contributed by atoms with E-state index in [1.54, 1.807) is 11.4 Å². The second-order valence-electron chi connectivity index (χ2n) is 3.56. The summed E-state index contributed by atoms with van der Waals surface area (Å²) in [6.07, 6.45) is 0. The predicted octanol–water partition coefficient (Wildman–Crippen LogP) is 0.108. The fourth-order valence-electron chi connectivity index (χ4n) is 1.38. The molecule has 0 fully saturated rings. The van der Waals surface area contributed by atoms with Crippen LogP contribution in [-0.2, 0) is 11.3 Å². The summed E-state index contributed by atoms with van der Waals surface area (Å²) in [7, 11) is 0. The average Bonchev–Trinajstić information content (AvgIpc) is 2.81. The van der Waals surface area contributed by atoms with Gasteiger partial charge in [0.15, 0.2) is 0 Å². The van der Waals surface area contributed by atoms with E-state index in [9.17, 15) is 14.4 Å². The molecule has 2 heterocycles. The Hall–Kier alpha value is -2.66. The Kier molecular flexibility index (Phi) is 3.58. The van der Waals surface area contributed by atoms with Crippen LogP contribution in [0.3, 0.4) is 0 Å². The van der Waals surface area contributed by atoms with Crippen molar-refractivity contribution in [2.24, 2.45) is 0 Å². The smallest absolute Gasteiger partial charge is 0.265 e. The fourth-order valence-corrected chi connectivity index (χ4v) is 2.14. The molecule has 0 aliphatic heterocycles. The molecule has 96 valence electrons. The largest absolute Gasteiger partial charge is 0.315 e. The molecule has 0 aliphatic carbocycles. The first-order valence-corrected chi connectivity index (χ1v) is 6.06. The highest BCUT2D eigenvalue weighted by Gasteiger charge is 2.09. The first kappa shape index (κ1) is 12.8. The number of amides is 1. The van der Waals surface area contributed by atoms with Crippen molar-refractivity contribution in [3.63, 3.8) is 0 Å². The topological polar surface area (TPSA) is 108 Å². The van der Waals surface area contributed by atoms with Gasteiger partial charge in [-0.15, -0.1) is 11.3 Å². The van der Waals surface area contributed by atoms with Gasteiger partial charge in [0.05, 0.1) is 5.56 Å². The van der Waals surface area contributed by atoms with Crippen molar-refractivity contribution in [2.75, 3.05) is 5.32 Å². The molecular formula is C11H8N4O3S. The number of nitrogens with one attached hydrogen (secondary N) is 2. The van der Waals surface area contributed by atoms with Crippen LogP contribution in [0.1, 0.15) is 5.56 Å². The summed E-state index contributed by atoms with van der Waals surface area (Å²) in [6.45, 7) is -0.322. The number of aromatic nitrogens is 2. The monoisotopic (exact) mass is 276 g/mol. The number of nitrogens with zero attached hydrogens (tertiary/aromatic N) is 2. The van der Waals surface area contributed by atoms with E-state index in [0.29, 0.717) is 10.6 Å².